The molecule has 5 rings (SSSR count). The lowest BCUT2D eigenvalue weighted by molar-refractivity contribution is 0.246. The molecule has 0 aliphatic carbocycles. The summed E-state index contributed by atoms with van der Waals surface area (Å²) < 4.78 is 28.9. The van der Waals surface area contributed by atoms with Crippen LogP contribution in [-0.4, -0.2) is 66.0 Å². The van der Waals surface area contributed by atoms with Crippen molar-refractivity contribution in [2.75, 3.05) is 48.4 Å². The van der Waals surface area contributed by atoms with Crippen molar-refractivity contribution in [1.29, 1.82) is 0 Å². The summed E-state index contributed by atoms with van der Waals surface area (Å²) in [5, 5.41) is 8.10. The third-order valence-corrected chi connectivity index (χ3v) is 7.85. The number of halogens is 1. The Hall–Kier alpha value is -3.47. The lowest BCUT2D eigenvalue weighted by Crippen LogP contribution is -2.40. The number of nitrogens with zero attached hydrogens (tertiary/aromatic N) is 4. The van der Waals surface area contributed by atoms with Gasteiger partial charge in [-0.15, -0.1) is 0 Å². The fraction of sp³-hybridized carbons (Fsp3) is 0.269. The number of benzene rings is 2. The SMILES string of the molecule is O=S1(=O)CCN(CCCOc2ccc(Nc3nccc(Nc4cnc5cc(Cl)ccc5c4)n3)cc2)CC1. The molecule has 0 atom stereocenters. The Balaban J connectivity index is 1.11. The van der Waals surface area contributed by atoms with E-state index in [1.165, 1.54) is 0 Å². The van der Waals surface area contributed by atoms with E-state index < -0.39 is 9.84 Å². The monoisotopic (exact) mass is 538 g/mol. The minimum Gasteiger partial charge on any atom is -0.494 e. The van der Waals surface area contributed by atoms with Crippen LogP contribution in [-0.2, 0) is 9.84 Å². The van der Waals surface area contributed by atoms with Crippen molar-refractivity contribution in [3.8, 4) is 5.75 Å². The minimum atomic E-state index is -2.84. The number of pyridine rings is 1. The molecule has 0 saturated carbocycles. The summed E-state index contributed by atoms with van der Waals surface area (Å²) in [6.45, 7) is 2.62. The second-order valence-corrected chi connectivity index (χ2v) is 11.5. The Morgan fingerprint density at radius 2 is 1.76 bits per heavy atom. The number of hydrogen-bond donors (Lipinski definition) is 2. The number of sulfone groups is 1. The highest BCUT2D eigenvalue weighted by Gasteiger charge is 2.20. The van der Waals surface area contributed by atoms with Crippen molar-refractivity contribution in [3.05, 3.63) is 72.0 Å². The first-order valence-electron chi connectivity index (χ1n) is 12.0. The second kappa shape index (κ2) is 11.3. The summed E-state index contributed by atoms with van der Waals surface area (Å²) in [6, 6.07) is 17.0. The predicted molar refractivity (Wildman–Crippen MR) is 147 cm³/mol. The fourth-order valence-electron chi connectivity index (χ4n) is 4.01. The van der Waals surface area contributed by atoms with Gasteiger partial charge in [0.15, 0.2) is 9.84 Å². The highest BCUT2D eigenvalue weighted by Crippen LogP contribution is 2.23. The Labute approximate surface area is 220 Å². The van der Waals surface area contributed by atoms with Crippen molar-refractivity contribution >= 4 is 55.5 Å². The molecular formula is C26H27ClN6O3S. The lowest BCUT2D eigenvalue weighted by atomic mass is 10.2. The number of nitrogens with one attached hydrogen (secondary N) is 2. The number of anilines is 4. The predicted octanol–water partition coefficient (Wildman–Crippen LogP) is 4.66. The van der Waals surface area contributed by atoms with Crippen LogP contribution in [0.25, 0.3) is 10.9 Å². The quantitative estimate of drug-likeness (QED) is 0.294. The van der Waals surface area contributed by atoms with Crippen LogP contribution >= 0.6 is 11.6 Å². The first-order chi connectivity index (χ1) is 17.9. The standard InChI is InChI=1S/C26H27ClN6O3S/c27-20-3-2-19-16-22(18-29-24(19)17-20)30-25-8-9-28-26(32-25)31-21-4-6-23(7-5-21)36-13-1-10-33-11-14-37(34,35)15-12-33/h2-9,16-18H,1,10-15H2,(H2,28,30,31,32). The number of rotatable bonds is 9. The summed E-state index contributed by atoms with van der Waals surface area (Å²) in [5.41, 5.74) is 2.48. The van der Waals surface area contributed by atoms with E-state index in [0.717, 1.165) is 41.0 Å². The van der Waals surface area contributed by atoms with E-state index in [0.29, 0.717) is 36.5 Å². The van der Waals surface area contributed by atoms with E-state index >= 15 is 0 Å². The van der Waals surface area contributed by atoms with Crippen LogP contribution in [0.5, 0.6) is 5.75 Å². The van der Waals surface area contributed by atoms with Gasteiger partial charge in [0, 0.05) is 41.9 Å². The average molecular weight is 539 g/mol. The van der Waals surface area contributed by atoms with E-state index in [2.05, 4.69) is 30.5 Å². The van der Waals surface area contributed by atoms with Gasteiger partial charge in [0.25, 0.3) is 0 Å². The summed E-state index contributed by atoms with van der Waals surface area (Å²) in [4.78, 5) is 15.5. The highest BCUT2D eigenvalue weighted by molar-refractivity contribution is 7.91. The first kappa shape index (κ1) is 25.2. The molecule has 2 N–H and O–H groups in total. The summed E-state index contributed by atoms with van der Waals surface area (Å²) in [6.07, 6.45) is 4.26. The van der Waals surface area contributed by atoms with Gasteiger partial charge in [0.1, 0.15) is 11.6 Å². The Morgan fingerprint density at radius 1 is 0.946 bits per heavy atom. The largest absolute Gasteiger partial charge is 0.494 e. The number of ether oxygens (including phenoxy) is 1. The van der Waals surface area contributed by atoms with Gasteiger partial charge >= 0.3 is 0 Å². The number of hydrogen-bond acceptors (Lipinski definition) is 9. The number of fused-ring (bicyclic) bond motifs is 1. The van der Waals surface area contributed by atoms with Crippen molar-refractivity contribution in [2.45, 2.75) is 6.42 Å². The molecule has 2 aromatic heterocycles. The van der Waals surface area contributed by atoms with Gasteiger partial charge in [-0.1, -0.05) is 17.7 Å². The maximum Gasteiger partial charge on any atom is 0.229 e. The highest BCUT2D eigenvalue weighted by atomic mass is 35.5. The maximum absolute atomic E-state index is 11.5. The number of aromatic nitrogens is 3. The molecule has 1 fully saturated rings. The molecule has 0 unspecified atom stereocenters. The smallest absolute Gasteiger partial charge is 0.229 e. The van der Waals surface area contributed by atoms with E-state index in [-0.39, 0.29) is 11.5 Å². The van der Waals surface area contributed by atoms with Gasteiger partial charge in [-0.3, -0.25) is 4.98 Å². The molecule has 0 amide bonds. The van der Waals surface area contributed by atoms with Crippen LogP contribution < -0.4 is 15.4 Å². The van der Waals surface area contributed by atoms with Crippen molar-refractivity contribution < 1.29 is 13.2 Å². The summed E-state index contributed by atoms with van der Waals surface area (Å²) in [7, 11) is -2.84. The fourth-order valence-corrected chi connectivity index (χ4v) is 5.46. The van der Waals surface area contributed by atoms with Crippen molar-refractivity contribution in [2.24, 2.45) is 0 Å². The zero-order valence-corrected chi connectivity index (χ0v) is 21.7. The summed E-state index contributed by atoms with van der Waals surface area (Å²) in [5.74, 6) is 2.37. The van der Waals surface area contributed by atoms with Gasteiger partial charge in [0.05, 0.1) is 35.5 Å². The molecule has 0 spiro atoms. The van der Waals surface area contributed by atoms with Crippen molar-refractivity contribution in [1.82, 2.24) is 19.9 Å². The first-order valence-corrected chi connectivity index (χ1v) is 14.2. The molecule has 0 radical (unpaired) electrons. The van der Waals surface area contributed by atoms with E-state index in [4.69, 9.17) is 16.3 Å². The molecule has 2 aromatic carbocycles. The van der Waals surface area contributed by atoms with Gasteiger partial charge in [-0.2, -0.15) is 4.98 Å². The second-order valence-electron chi connectivity index (χ2n) is 8.80. The molecule has 4 aromatic rings. The Kier molecular flexibility index (Phi) is 7.68. The van der Waals surface area contributed by atoms with Gasteiger partial charge in [-0.25, -0.2) is 13.4 Å². The summed E-state index contributed by atoms with van der Waals surface area (Å²) >= 11 is 6.04. The van der Waals surface area contributed by atoms with E-state index in [1.807, 2.05) is 48.5 Å². The molecule has 9 nitrogen and oxygen atoms in total. The van der Waals surface area contributed by atoms with Crippen LogP contribution in [0.3, 0.4) is 0 Å². The zero-order chi connectivity index (χ0) is 25.7. The molecule has 1 aliphatic rings. The van der Waals surface area contributed by atoms with Gasteiger partial charge < -0.3 is 20.3 Å². The van der Waals surface area contributed by atoms with Crippen LogP contribution in [0, 0.1) is 0 Å². The third-order valence-electron chi connectivity index (χ3n) is 6.01. The molecule has 1 aliphatic heterocycles. The molecule has 11 heteroatoms. The molecular weight excluding hydrogens is 512 g/mol. The van der Waals surface area contributed by atoms with Crippen LogP contribution in [0.4, 0.5) is 23.1 Å². The zero-order valence-electron chi connectivity index (χ0n) is 20.1. The van der Waals surface area contributed by atoms with Crippen LogP contribution in [0.2, 0.25) is 5.02 Å². The third kappa shape index (κ3) is 7.06. The molecule has 0 bridgehead atoms. The van der Waals surface area contributed by atoms with Gasteiger partial charge in [-0.05, 0) is 55.0 Å². The minimum absolute atomic E-state index is 0.251. The molecule has 37 heavy (non-hydrogen) atoms. The Morgan fingerprint density at radius 3 is 2.57 bits per heavy atom. The lowest BCUT2D eigenvalue weighted by Gasteiger charge is -2.26. The topological polar surface area (TPSA) is 109 Å². The molecule has 3 heterocycles. The Bertz CT molecular complexity index is 1470. The van der Waals surface area contributed by atoms with Gasteiger partial charge in [0.2, 0.25) is 5.95 Å². The molecule has 192 valence electrons. The van der Waals surface area contributed by atoms with Crippen LogP contribution in [0.1, 0.15) is 6.42 Å². The average Bonchev–Trinajstić information content (AvgIpc) is 2.89. The maximum atomic E-state index is 11.5. The van der Waals surface area contributed by atoms with Crippen LogP contribution in [0.15, 0.2) is 67.0 Å². The van der Waals surface area contributed by atoms with E-state index in [1.54, 1.807) is 18.5 Å². The van der Waals surface area contributed by atoms with Crippen molar-refractivity contribution in [3.63, 3.8) is 0 Å². The van der Waals surface area contributed by atoms with E-state index in [9.17, 15) is 8.42 Å². The molecule has 1 saturated heterocycles. The normalized spacial score (nSPS) is 15.4.